The van der Waals surface area contributed by atoms with Gasteiger partial charge in [-0.2, -0.15) is 0 Å². The van der Waals surface area contributed by atoms with Crippen LogP contribution in [-0.2, 0) is 15.9 Å². The maximum Gasteiger partial charge on any atom is 0.157 e. The monoisotopic (exact) mass is 226 g/mol. The van der Waals surface area contributed by atoms with Crippen molar-refractivity contribution in [1.29, 1.82) is 0 Å². The fourth-order valence-corrected chi connectivity index (χ4v) is 1.56. The molecular formula is C13H19FO2. The van der Waals surface area contributed by atoms with Crippen LogP contribution in [0.2, 0.25) is 0 Å². The van der Waals surface area contributed by atoms with Crippen molar-refractivity contribution >= 4 is 0 Å². The van der Waals surface area contributed by atoms with Crippen molar-refractivity contribution < 1.29 is 13.9 Å². The van der Waals surface area contributed by atoms with Gasteiger partial charge in [0.05, 0.1) is 0 Å². The predicted octanol–water partition coefficient (Wildman–Crippen LogP) is 3.16. The second kappa shape index (κ2) is 7.36. The molecule has 0 radical (unpaired) electrons. The number of hydrogen-bond donors (Lipinski definition) is 0. The summed E-state index contributed by atoms with van der Waals surface area (Å²) in [5.41, 5.74) is 0.976. The van der Waals surface area contributed by atoms with E-state index in [0.29, 0.717) is 13.2 Å². The van der Waals surface area contributed by atoms with E-state index in [2.05, 4.69) is 0 Å². The van der Waals surface area contributed by atoms with Crippen LogP contribution in [0.3, 0.4) is 0 Å². The lowest BCUT2D eigenvalue weighted by molar-refractivity contribution is -0.139. The van der Waals surface area contributed by atoms with Gasteiger partial charge in [0.1, 0.15) is 5.82 Å². The van der Waals surface area contributed by atoms with Crippen LogP contribution in [0.4, 0.5) is 4.39 Å². The van der Waals surface area contributed by atoms with E-state index in [9.17, 15) is 4.39 Å². The fraction of sp³-hybridized carbons (Fsp3) is 0.538. The summed E-state index contributed by atoms with van der Waals surface area (Å²) in [5.74, 6) is -0.193. The number of hydrogen-bond acceptors (Lipinski definition) is 2. The summed E-state index contributed by atoms with van der Waals surface area (Å²) in [6.07, 6.45) is 1.34. The first-order chi connectivity index (χ1) is 7.76. The molecule has 3 heteroatoms. The van der Waals surface area contributed by atoms with Gasteiger partial charge in [0.2, 0.25) is 0 Å². The highest BCUT2D eigenvalue weighted by Gasteiger charge is 2.08. The summed E-state index contributed by atoms with van der Waals surface area (Å²) in [6.45, 7) is 5.14. The molecule has 0 aliphatic rings. The van der Waals surface area contributed by atoms with E-state index in [4.69, 9.17) is 9.47 Å². The minimum atomic E-state index is -0.193. The Morgan fingerprint density at radius 2 is 1.88 bits per heavy atom. The topological polar surface area (TPSA) is 18.5 Å². The van der Waals surface area contributed by atoms with Gasteiger partial charge < -0.3 is 9.47 Å². The molecule has 0 aromatic heterocycles. The van der Waals surface area contributed by atoms with Gasteiger partial charge in [0.15, 0.2) is 6.29 Å². The molecule has 0 unspecified atom stereocenters. The molecule has 0 saturated carbocycles. The van der Waals surface area contributed by atoms with Gasteiger partial charge in [-0.15, -0.1) is 0 Å². The zero-order valence-corrected chi connectivity index (χ0v) is 9.91. The predicted molar refractivity (Wildman–Crippen MR) is 61.8 cm³/mol. The summed E-state index contributed by atoms with van der Waals surface area (Å²) in [4.78, 5) is 0. The van der Waals surface area contributed by atoms with E-state index in [-0.39, 0.29) is 12.1 Å². The van der Waals surface area contributed by atoms with Crippen molar-refractivity contribution in [3.63, 3.8) is 0 Å². The number of benzene rings is 1. The number of ether oxygens (including phenoxy) is 2. The van der Waals surface area contributed by atoms with Crippen molar-refractivity contribution in [1.82, 2.24) is 0 Å². The fourth-order valence-electron chi connectivity index (χ4n) is 1.56. The Kier molecular flexibility index (Phi) is 6.04. The summed E-state index contributed by atoms with van der Waals surface area (Å²) < 4.78 is 23.8. The van der Waals surface area contributed by atoms with E-state index in [1.165, 1.54) is 6.07 Å². The molecule has 0 aliphatic carbocycles. The Hall–Kier alpha value is -0.930. The third-order valence-electron chi connectivity index (χ3n) is 2.26. The second-order valence-electron chi connectivity index (χ2n) is 3.51. The Morgan fingerprint density at radius 1 is 1.19 bits per heavy atom. The Bertz CT molecular complexity index is 296. The van der Waals surface area contributed by atoms with Gasteiger partial charge in [-0.25, -0.2) is 4.39 Å². The molecule has 90 valence electrons. The maximum absolute atomic E-state index is 12.9. The van der Waals surface area contributed by atoms with Crippen molar-refractivity contribution in [3.05, 3.63) is 35.6 Å². The molecule has 2 nitrogen and oxygen atoms in total. The molecule has 0 bridgehead atoms. The van der Waals surface area contributed by atoms with Gasteiger partial charge in [-0.1, -0.05) is 12.1 Å². The van der Waals surface area contributed by atoms with E-state index >= 15 is 0 Å². The van der Waals surface area contributed by atoms with Crippen molar-refractivity contribution in [2.75, 3.05) is 13.2 Å². The molecule has 0 aliphatic heterocycles. The van der Waals surface area contributed by atoms with E-state index in [1.54, 1.807) is 12.1 Å². The van der Waals surface area contributed by atoms with Gasteiger partial charge in [0.25, 0.3) is 0 Å². The molecule has 1 rings (SSSR count). The van der Waals surface area contributed by atoms with Gasteiger partial charge >= 0.3 is 0 Å². The van der Waals surface area contributed by atoms with Crippen LogP contribution < -0.4 is 0 Å². The highest BCUT2D eigenvalue weighted by atomic mass is 19.1. The Balaban J connectivity index is 2.41. The number of rotatable bonds is 7. The molecular weight excluding hydrogens is 207 g/mol. The minimum Gasteiger partial charge on any atom is -0.353 e. The lowest BCUT2D eigenvalue weighted by Crippen LogP contribution is -2.18. The van der Waals surface area contributed by atoms with E-state index in [0.717, 1.165) is 18.4 Å². The SMILES string of the molecule is CCOC(CCc1cccc(F)c1)OCC. The summed E-state index contributed by atoms with van der Waals surface area (Å²) in [5, 5.41) is 0. The maximum atomic E-state index is 12.9. The standard InChI is InChI=1S/C13H19FO2/c1-3-15-13(16-4-2)9-8-11-6-5-7-12(14)10-11/h5-7,10,13H,3-4,8-9H2,1-2H3. The third-order valence-corrected chi connectivity index (χ3v) is 2.26. The lowest BCUT2D eigenvalue weighted by atomic mass is 10.1. The third kappa shape index (κ3) is 4.73. The van der Waals surface area contributed by atoms with Crippen LogP contribution in [0.1, 0.15) is 25.8 Å². The quantitative estimate of drug-likeness (QED) is 0.665. The highest BCUT2D eigenvalue weighted by Crippen LogP contribution is 2.10. The number of aryl methyl sites for hydroxylation is 1. The molecule has 0 saturated heterocycles. The van der Waals surface area contributed by atoms with Crippen LogP contribution in [-0.4, -0.2) is 19.5 Å². The van der Waals surface area contributed by atoms with E-state index in [1.807, 2.05) is 19.9 Å². The first-order valence-electron chi connectivity index (χ1n) is 5.74. The second-order valence-corrected chi connectivity index (χ2v) is 3.51. The smallest absolute Gasteiger partial charge is 0.157 e. The van der Waals surface area contributed by atoms with Crippen molar-refractivity contribution in [2.24, 2.45) is 0 Å². The molecule has 0 heterocycles. The van der Waals surface area contributed by atoms with Crippen LogP contribution in [0, 0.1) is 5.82 Å². The van der Waals surface area contributed by atoms with Gasteiger partial charge in [-0.05, 0) is 38.0 Å². The highest BCUT2D eigenvalue weighted by molar-refractivity contribution is 5.16. The van der Waals surface area contributed by atoms with Gasteiger partial charge in [-0.3, -0.25) is 0 Å². The Morgan fingerprint density at radius 3 is 2.44 bits per heavy atom. The minimum absolute atomic E-state index is 0.182. The molecule has 0 amide bonds. The van der Waals surface area contributed by atoms with Crippen LogP contribution in [0.15, 0.2) is 24.3 Å². The summed E-state index contributed by atoms with van der Waals surface area (Å²) >= 11 is 0. The zero-order chi connectivity index (χ0) is 11.8. The molecule has 0 atom stereocenters. The summed E-state index contributed by atoms with van der Waals surface area (Å²) in [6, 6.07) is 6.64. The first-order valence-corrected chi connectivity index (χ1v) is 5.74. The molecule has 0 spiro atoms. The van der Waals surface area contributed by atoms with Crippen molar-refractivity contribution in [3.8, 4) is 0 Å². The van der Waals surface area contributed by atoms with E-state index < -0.39 is 0 Å². The molecule has 0 N–H and O–H groups in total. The van der Waals surface area contributed by atoms with Crippen LogP contribution in [0.25, 0.3) is 0 Å². The Labute approximate surface area is 96.4 Å². The van der Waals surface area contributed by atoms with Gasteiger partial charge in [0, 0.05) is 19.6 Å². The number of halogens is 1. The first kappa shape index (κ1) is 13.1. The molecule has 0 fully saturated rings. The van der Waals surface area contributed by atoms with Crippen LogP contribution in [0.5, 0.6) is 0 Å². The average molecular weight is 226 g/mol. The summed E-state index contributed by atoms with van der Waals surface area (Å²) in [7, 11) is 0. The van der Waals surface area contributed by atoms with Crippen molar-refractivity contribution in [2.45, 2.75) is 33.0 Å². The molecule has 1 aromatic rings. The van der Waals surface area contributed by atoms with Crippen LogP contribution >= 0.6 is 0 Å². The molecule has 16 heavy (non-hydrogen) atoms. The lowest BCUT2D eigenvalue weighted by Gasteiger charge is -2.16. The largest absolute Gasteiger partial charge is 0.353 e. The normalized spacial score (nSPS) is 11.0. The zero-order valence-electron chi connectivity index (χ0n) is 9.91. The average Bonchev–Trinajstić information content (AvgIpc) is 2.27. The molecule has 1 aromatic carbocycles.